The van der Waals surface area contributed by atoms with E-state index in [9.17, 15) is 13.2 Å². The van der Waals surface area contributed by atoms with Crippen molar-refractivity contribution in [2.24, 2.45) is 5.92 Å². The van der Waals surface area contributed by atoms with E-state index in [2.05, 4.69) is 10.6 Å². The molecule has 1 amide bonds. The summed E-state index contributed by atoms with van der Waals surface area (Å²) in [6.07, 6.45) is 5.64. The van der Waals surface area contributed by atoms with Crippen molar-refractivity contribution >= 4 is 15.9 Å². The van der Waals surface area contributed by atoms with Gasteiger partial charge in [-0.15, -0.1) is 0 Å². The summed E-state index contributed by atoms with van der Waals surface area (Å²) in [5.74, 6) is -0.0688. The third-order valence-electron chi connectivity index (χ3n) is 4.53. The Morgan fingerprint density at radius 1 is 1.29 bits per heavy atom. The second kappa shape index (κ2) is 7.56. The lowest BCUT2D eigenvalue weighted by Gasteiger charge is -2.31. The number of nitrogens with zero attached hydrogens (tertiary/aromatic N) is 1. The van der Waals surface area contributed by atoms with E-state index in [1.54, 1.807) is 7.05 Å². The summed E-state index contributed by atoms with van der Waals surface area (Å²) in [5.41, 5.74) is 0. The van der Waals surface area contributed by atoms with Gasteiger partial charge in [-0.25, -0.2) is 12.7 Å². The minimum atomic E-state index is -3.24. The van der Waals surface area contributed by atoms with Crippen molar-refractivity contribution in [1.29, 1.82) is 0 Å². The monoisotopic (exact) mass is 317 g/mol. The van der Waals surface area contributed by atoms with Crippen LogP contribution in [0.25, 0.3) is 0 Å². The van der Waals surface area contributed by atoms with Gasteiger partial charge in [-0.2, -0.15) is 0 Å². The first-order chi connectivity index (χ1) is 10.0. The maximum Gasteiger partial charge on any atom is 0.224 e. The molecule has 2 unspecified atom stereocenters. The number of carbonyl (C=O) groups is 1. The highest BCUT2D eigenvalue weighted by Gasteiger charge is 2.32. The van der Waals surface area contributed by atoms with Crippen LogP contribution in [0, 0.1) is 5.92 Å². The fraction of sp³-hybridized carbons (Fsp3) is 0.929. The van der Waals surface area contributed by atoms with Gasteiger partial charge in [0.1, 0.15) is 0 Å². The summed E-state index contributed by atoms with van der Waals surface area (Å²) in [4.78, 5) is 11.7. The first-order valence-electron chi connectivity index (χ1n) is 7.96. The van der Waals surface area contributed by atoms with Crippen LogP contribution in [0.3, 0.4) is 0 Å². The van der Waals surface area contributed by atoms with Crippen molar-refractivity contribution in [2.75, 3.05) is 32.4 Å². The quantitative estimate of drug-likeness (QED) is 0.765. The highest BCUT2D eigenvalue weighted by Crippen LogP contribution is 2.21. The second-order valence-corrected chi connectivity index (χ2v) is 8.15. The number of piperidine rings is 2. The lowest BCUT2D eigenvalue weighted by molar-refractivity contribution is -0.125. The molecule has 2 rings (SSSR count). The van der Waals surface area contributed by atoms with E-state index in [0.29, 0.717) is 25.6 Å². The predicted octanol–water partition coefficient (Wildman–Crippen LogP) is 0.306. The molecule has 0 saturated carbocycles. The lowest BCUT2D eigenvalue weighted by atomic mass is 9.99. The van der Waals surface area contributed by atoms with Gasteiger partial charge in [-0.05, 0) is 38.6 Å². The molecule has 2 atom stereocenters. The average Bonchev–Trinajstić information content (AvgIpc) is 2.53. The molecule has 122 valence electrons. The van der Waals surface area contributed by atoms with Crippen LogP contribution in [-0.2, 0) is 14.8 Å². The van der Waals surface area contributed by atoms with Gasteiger partial charge in [0.25, 0.3) is 0 Å². The molecule has 7 heteroatoms. The fourth-order valence-electron chi connectivity index (χ4n) is 3.20. The zero-order valence-electron chi connectivity index (χ0n) is 12.8. The Hall–Kier alpha value is -0.660. The molecular formula is C14H27N3O3S. The van der Waals surface area contributed by atoms with Crippen molar-refractivity contribution in [2.45, 2.75) is 44.6 Å². The molecule has 0 radical (unpaired) electrons. The van der Waals surface area contributed by atoms with Gasteiger partial charge in [0.2, 0.25) is 15.9 Å². The summed E-state index contributed by atoms with van der Waals surface area (Å²) < 4.78 is 26.4. The molecule has 2 aliphatic rings. The number of sulfonamides is 1. The van der Waals surface area contributed by atoms with Crippen molar-refractivity contribution in [1.82, 2.24) is 14.9 Å². The lowest BCUT2D eigenvalue weighted by Crippen LogP contribution is -2.46. The number of amides is 1. The summed E-state index contributed by atoms with van der Waals surface area (Å²) >= 11 is 0. The Bertz CT molecular complexity index is 446. The predicted molar refractivity (Wildman–Crippen MR) is 82.4 cm³/mol. The highest BCUT2D eigenvalue weighted by molar-refractivity contribution is 7.89. The summed E-state index contributed by atoms with van der Waals surface area (Å²) in [6.45, 7) is 1.88. The van der Waals surface area contributed by atoms with E-state index < -0.39 is 10.0 Å². The van der Waals surface area contributed by atoms with Gasteiger partial charge >= 0.3 is 0 Å². The van der Waals surface area contributed by atoms with Crippen LogP contribution in [0.15, 0.2) is 0 Å². The number of rotatable bonds is 5. The van der Waals surface area contributed by atoms with Crippen molar-refractivity contribution in [3.05, 3.63) is 0 Å². The first-order valence-corrected chi connectivity index (χ1v) is 9.56. The Labute approximate surface area is 127 Å². The number of hydrogen-bond acceptors (Lipinski definition) is 4. The maximum atomic E-state index is 12.5. The van der Waals surface area contributed by atoms with Gasteiger partial charge < -0.3 is 10.6 Å². The minimum absolute atomic E-state index is 0.0520. The maximum absolute atomic E-state index is 12.5. The molecule has 6 nitrogen and oxygen atoms in total. The first kappa shape index (κ1) is 16.7. The van der Waals surface area contributed by atoms with E-state index in [0.717, 1.165) is 25.8 Å². The standard InChI is InChI=1S/C14H27N3O3S/c1-15-14(18)12-5-4-9-17(11-12)21(19,20)10-7-13-6-2-3-8-16-13/h12-13,16H,2-11H2,1H3,(H,15,18). The van der Waals surface area contributed by atoms with Gasteiger partial charge in [0, 0.05) is 26.2 Å². The third-order valence-corrected chi connectivity index (χ3v) is 6.40. The van der Waals surface area contributed by atoms with Gasteiger partial charge in [0.15, 0.2) is 0 Å². The zero-order valence-corrected chi connectivity index (χ0v) is 13.6. The van der Waals surface area contributed by atoms with E-state index in [-0.39, 0.29) is 17.6 Å². The molecule has 0 aromatic carbocycles. The highest BCUT2D eigenvalue weighted by atomic mass is 32.2. The Morgan fingerprint density at radius 3 is 2.76 bits per heavy atom. The molecular weight excluding hydrogens is 290 g/mol. The zero-order chi connectivity index (χ0) is 15.3. The van der Waals surface area contributed by atoms with E-state index >= 15 is 0 Å². The SMILES string of the molecule is CNC(=O)C1CCCN(S(=O)(=O)CCC2CCCCN2)C1. The van der Waals surface area contributed by atoms with Crippen molar-refractivity contribution in [3.63, 3.8) is 0 Å². The van der Waals surface area contributed by atoms with E-state index in [1.807, 2.05) is 0 Å². The van der Waals surface area contributed by atoms with Crippen LogP contribution >= 0.6 is 0 Å². The molecule has 0 aliphatic carbocycles. The molecule has 2 fully saturated rings. The topological polar surface area (TPSA) is 78.5 Å². The smallest absolute Gasteiger partial charge is 0.224 e. The Balaban J connectivity index is 1.87. The molecule has 0 aromatic heterocycles. The summed E-state index contributed by atoms with van der Waals surface area (Å²) in [5, 5.41) is 6.00. The number of nitrogens with one attached hydrogen (secondary N) is 2. The van der Waals surface area contributed by atoms with Crippen LogP contribution in [0.5, 0.6) is 0 Å². The Morgan fingerprint density at radius 2 is 2.10 bits per heavy atom. The molecule has 2 N–H and O–H groups in total. The minimum Gasteiger partial charge on any atom is -0.359 e. The molecule has 0 spiro atoms. The van der Waals surface area contributed by atoms with Gasteiger partial charge in [0.05, 0.1) is 11.7 Å². The largest absolute Gasteiger partial charge is 0.359 e. The third kappa shape index (κ3) is 4.66. The summed E-state index contributed by atoms with van der Waals surface area (Å²) in [6, 6.07) is 0.327. The molecule has 2 heterocycles. The number of hydrogen-bond donors (Lipinski definition) is 2. The molecule has 2 aliphatic heterocycles. The van der Waals surface area contributed by atoms with Gasteiger partial charge in [-0.1, -0.05) is 6.42 Å². The van der Waals surface area contributed by atoms with Crippen LogP contribution in [0.1, 0.15) is 38.5 Å². The normalized spacial score (nSPS) is 28.2. The summed E-state index contributed by atoms with van der Waals surface area (Å²) in [7, 11) is -1.64. The molecule has 2 saturated heterocycles. The van der Waals surface area contributed by atoms with E-state index in [1.165, 1.54) is 17.1 Å². The molecule has 0 aromatic rings. The van der Waals surface area contributed by atoms with E-state index in [4.69, 9.17) is 0 Å². The van der Waals surface area contributed by atoms with Crippen molar-refractivity contribution < 1.29 is 13.2 Å². The Kier molecular flexibility index (Phi) is 6.01. The van der Waals surface area contributed by atoms with Crippen LogP contribution in [0.4, 0.5) is 0 Å². The van der Waals surface area contributed by atoms with Gasteiger partial charge in [-0.3, -0.25) is 4.79 Å². The number of carbonyl (C=O) groups excluding carboxylic acids is 1. The van der Waals surface area contributed by atoms with Crippen molar-refractivity contribution in [3.8, 4) is 0 Å². The van der Waals surface area contributed by atoms with Crippen LogP contribution in [-0.4, -0.2) is 57.1 Å². The van der Waals surface area contributed by atoms with Crippen LogP contribution < -0.4 is 10.6 Å². The molecule has 0 bridgehead atoms. The molecule has 21 heavy (non-hydrogen) atoms. The second-order valence-electron chi connectivity index (χ2n) is 6.06. The van der Waals surface area contributed by atoms with Crippen LogP contribution in [0.2, 0.25) is 0 Å². The average molecular weight is 317 g/mol. The fourth-order valence-corrected chi connectivity index (χ4v) is 4.86.